The van der Waals surface area contributed by atoms with E-state index >= 15 is 0 Å². The molecule has 0 bridgehead atoms. The molecule has 2 saturated heterocycles. The average molecular weight is 291 g/mol. The Bertz CT molecular complexity index is 402. The predicted molar refractivity (Wildman–Crippen MR) is 86.1 cm³/mol. The molecule has 2 fully saturated rings. The predicted octanol–water partition coefficient (Wildman–Crippen LogP) is 1.91. The molecule has 0 aromatic carbocycles. The lowest BCUT2D eigenvalue weighted by Gasteiger charge is -2.43. The Balaban J connectivity index is 1.51. The number of ether oxygens (including phenoxy) is 1. The van der Waals surface area contributed by atoms with Gasteiger partial charge in [-0.2, -0.15) is 0 Å². The highest BCUT2D eigenvalue weighted by molar-refractivity contribution is 5.24. The minimum absolute atomic E-state index is 0.814. The molecule has 0 unspecified atom stereocenters. The van der Waals surface area contributed by atoms with Crippen molar-refractivity contribution in [2.24, 2.45) is 0 Å². The molecule has 0 aromatic heterocycles. The quantitative estimate of drug-likeness (QED) is 0.790. The zero-order chi connectivity index (χ0) is 14.7. The van der Waals surface area contributed by atoms with Crippen LogP contribution in [-0.2, 0) is 4.74 Å². The fourth-order valence-electron chi connectivity index (χ4n) is 3.75. The second-order valence-corrected chi connectivity index (χ2v) is 6.54. The molecular formula is C17H29N3O. The zero-order valence-electron chi connectivity index (χ0n) is 13.6. The molecule has 2 aliphatic heterocycles. The number of hydrogen-bond donors (Lipinski definition) is 0. The maximum Gasteiger partial charge on any atom is 0.0979 e. The van der Waals surface area contributed by atoms with Gasteiger partial charge in [-0.05, 0) is 45.5 Å². The van der Waals surface area contributed by atoms with Gasteiger partial charge in [-0.3, -0.25) is 4.90 Å². The monoisotopic (exact) mass is 291 g/mol. The summed E-state index contributed by atoms with van der Waals surface area (Å²) < 4.78 is 5.42. The van der Waals surface area contributed by atoms with Crippen molar-refractivity contribution in [1.82, 2.24) is 14.7 Å². The zero-order valence-corrected chi connectivity index (χ0v) is 13.6. The van der Waals surface area contributed by atoms with Gasteiger partial charge in [-0.1, -0.05) is 6.08 Å². The van der Waals surface area contributed by atoms with Gasteiger partial charge in [-0.25, -0.2) is 0 Å². The maximum absolute atomic E-state index is 5.42. The summed E-state index contributed by atoms with van der Waals surface area (Å²) in [5.41, 5.74) is 1.38. The molecule has 0 radical (unpaired) electrons. The standard InChI is InChI=1S/C17H29N3O/c1-18-8-6-15(7-9-18)19-10-12-20(13-11-19)16-4-3-5-17(14-16)21-2/h4,14-15H,3,5-13H2,1-2H3. The van der Waals surface area contributed by atoms with Crippen LogP contribution in [0.4, 0.5) is 0 Å². The number of piperidine rings is 1. The lowest BCUT2D eigenvalue weighted by Crippen LogP contribution is -2.52. The molecule has 0 aromatic rings. The molecule has 3 rings (SSSR count). The van der Waals surface area contributed by atoms with Crippen molar-refractivity contribution in [1.29, 1.82) is 0 Å². The number of methoxy groups -OCH3 is 1. The Morgan fingerprint density at radius 3 is 2.43 bits per heavy atom. The van der Waals surface area contributed by atoms with E-state index in [4.69, 9.17) is 4.74 Å². The number of rotatable bonds is 3. The van der Waals surface area contributed by atoms with Crippen molar-refractivity contribution in [3.05, 3.63) is 23.6 Å². The van der Waals surface area contributed by atoms with E-state index in [2.05, 4.69) is 33.9 Å². The smallest absolute Gasteiger partial charge is 0.0979 e. The molecule has 1 aliphatic carbocycles. The van der Waals surface area contributed by atoms with E-state index < -0.39 is 0 Å². The Labute approximate surface area is 129 Å². The van der Waals surface area contributed by atoms with Gasteiger partial charge in [-0.15, -0.1) is 0 Å². The Kier molecular flexibility index (Phi) is 4.86. The molecule has 21 heavy (non-hydrogen) atoms. The summed E-state index contributed by atoms with van der Waals surface area (Å²) in [5, 5.41) is 0. The number of hydrogen-bond acceptors (Lipinski definition) is 4. The molecule has 2 heterocycles. The summed E-state index contributed by atoms with van der Waals surface area (Å²) in [7, 11) is 4.02. The summed E-state index contributed by atoms with van der Waals surface area (Å²) in [6.07, 6.45) is 9.45. The van der Waals surface area contributed by atoms with Gasteiger partial charge < -0.3 is 14.5 Å². The van der Waals surface area contributed by atoms with E-state index in [1.807, 2.05) is 0 Å². The van der Waals surface area contributed by atoms with Crippen molar-refractivity contribution < 1.29 is 4.74 Å². The first kappa shape index (κ1) is 14.9. The number of nitrogens with zero attached hydrogens (tertiary/aromatic N) is 3. The molecular weight excluding hydrogens is 262 g/mol. The van der Waals surface area contributed by atoms with Gasteiger partial charge in [0.05, 0.1) is 12.9 Å². The molecule has 0 atom stereocenters. The third-order valence-electron chi connectivity index (χ3n) is 5.20. The Hall–Kier alpha value is -1.00. The third-order valence-corrected chi connectivity index (χ3v) is 5.20. The summed E-state index contributed by atoms with van der Waals surface area (Å²) in [5.74, 6) is 1.13. The van der Waals surface area contributed by atoms with Crippen LogP contribution in [0.25, 0.3) is 0 Å². The highest BCUT2D eigenvalue weighted by Gasteiger charge is 2.27. The van der Waals surface area contributed by atoms with Crippen LogP contribution in [-0.4, -0.2) is 74.2 Å². The summed E-state index contributed by atoms with van der Waals surface area (Å²) >= 11 is 0. The fourth-order valence-corrected chi connectivity index (χ4v) is 3.75. The highest BCUT2D eigenvalue weighted by Crippen LogP contribution is 2.23. The van der Waals surface area contributed by atoms with Crippen LogP contribution in [0.3, 0.4) is 0 Å². The molecule has 118 valence electrons. The van der Waals surface area contributed by atoms with E-state index in [-0.39, 0.29) is 0 Å². The van der Waals surface area contributed by atoms with Gasteiger partial charge >= 0.3 is 0 Å². The van der Waals surface area contributed by atoms with Gasteiger partial charge in [0.1, 0.15) is 0 Å². The van der Waals surface area contributed by atoms with E-state index in [9.17, 15) is 0 Å². The molecule has 0 saturated carbocycles. The normalized spacial score (nSPS) is 26.5. The molecule has 0 spiro atoms. The van der Waals surface area contributed by atoms with Crippen molar-refractivity contribution in [3.63, 3.8) is 0 Å². The maximum atomic E-state index is 5.42. The second kappa shape index (κ2) is 6.84. The van der Waals surface area contributed by atoms with Crippen molar-refractivity contribution >= 4 is 0 Å². The van der Waals surface area contributed by atoms with E-state index in [0.717, 1.165) is 37.7 Å². The number of piperazine rings is 1. The van der Waals surface area contributed by atoms with E-state index in [1.54, 1.807) is 7.11 Å². The van der Waals surface area contributed by atoms with Gasteiger partial charge in [0.2, 0.25) is 0 Å². The number of allylic oxidation sites excluding steroid dienone is 3. The van der Waals surface area contributed by atoms with Crippen LogP contribution in [0.15, 0.2) is 23.6 Å². The molecule has 3 aliphatic rings. The van der Waals surface area contributed by atoms with Gasteiger partial charge in [0, 0.05) is 44.3 Å². The topological polar surface area (TPSA) is 19.0 Å². The van der Waals surface area contributed by atoms with Crippen LogP contribution < -0.4 is 0 Å². The van der Waals surface area contributed by atoms with Gasteiger partial charge in [0.25, 0.3) is 0 Å². The van der Waals surface area contributed by atoms with Crippen LogP contribution in [0.1, 0.15) is 25.7 Å². The van der Waals surface area contributed by atoms with E-state index in [0.29, 0.717) is 0 Å². The van der Waals surface area contributed by atoms with Gasteiger partial charge in [0.15, 0.2) is 0 Å². The SMILES string of the molecule is COC1=CC(N2CCN(C3CCN(C)CC3)CC2)=CCC1. The average Bonchev–Trinajstić information content (AvgIpc) is 2.56. The fraction of sp³-hybridized carbons (Fsp3) is 0.765. The largest absolute Gasteiger partial charge is 0.501 e. The van der Waals surface area contributed by atoms with Crippen LogP contribution in [0.2, 0.25) is 0 Å². The third kappa shape index (κ3) is 3.61. The lowest BCUT2D eigenvalue weighted by molar-refractivity contribution is 0.0773. The second-order valence-electron chi connectivity index (χ2n) is 6.54. The van der Waals surface area contributed by atoms with Crippen molar-refractivity contribution in [2.45, 2.75) is 31.7 Å². The van der Waals surface area contributed by atoms with Crippen molar-refractivity contribution in [3.8, 4) is 0 Å². The molecule has 4 nitrogen and oxygen atoms in total. The summed E-state index contributed by atoms with van der Waals surface area (Å²) in [6, 6.07) is 0.814. The first-order chi connectivity index (χ1) is 10.3. The molecule has 0 N–H and O–H groups in total. The minimum atomic E-state index is 0.814. The van der Waals surface area contributed by atoms with Crippen molar-refractivity contribution in [2.75, 3.05) is 53.4 Å². The summed E-state index contributed by atoms with van der Waals surface area (Å²) in [4.78, 5) is 7.70. The van der Waals surface area contributed by atoms with Crippen LogP contribution in [0.5, 0.6) is 0 Å². The summed E-state index contributed by atoms with van der Waals surface area (Å²) in [6.45, 7) is 7.26. The van der Waals surface area contributed by atoms with E-state index in [1.165, 1.54) is 44.7 Å². The minimum Gasteiger partial charge on any atom is -0.501 e. The molecule has 4 heteroatoms. The first-order valence-electron chi connectivity index (χ1n) is 8.38. The highest BCUT2D eigenvalue weighted by atomic mass is 16.5. The van der Waals surface area contributed by atoms with Crippen LogP contribution >= 0.6 is 0 Å². The lowest BCUT2D eigenvalue weighted by atomic mass is 10.0. The van der Waals surface area contributed by atoms with Crippen LogP contribution in [0, 0.1) is 0 Å². The molecule has 0 amide bonds. The Morgan fingerprint density at radius 2 is 1.76 bits per heavy atom. The Morgan fingerprint density at radius 1 is 1.05 bits per heavy atom. The first-order valence-corrected chi connectivity index (χ1v) is 8.38. The number of likely N-dealkylation sites (tertiary alicyclic amines) is 1.